The van der Waals surface area contributed by atoms with Gasteiger partial charge in [0.25, 0.3) is 0 Å². The molecule has 0 aliphatic rings. The topological polar surface area (TPSA) is 58.1 Å². The van der Waals surface area contributed by atoms with Crippen LogP contribution in [0.25, 0.3) is 22.4 Å². The summed E-state index contributed by atoms with van der Waals surface area (Å²) in [6.45, 7) is -0.0381. The maximum atomic E-state index is 13.9. The van der Waals surface area contributed by atoms with Crippen LogP contribution in [-0.2, 0) is 6.61 Å². The predicted octanol–water partition coefficient (Wildman–Crippen LogP) is 5.82. The Bertz CT molecular complexity index is 1090. The molecule has 0 saturated heterocycles. The standard InChI is InChI=1S/C22H16ClFN2O2/c23-19-7-4-8-20(24)18(19)13-28-15-9-10-16(21(27)11-15)22-17(12-25-26-22)14-5-2-1-3-6-14/h1-12,27H,13H2,(H,25,26). The molecule has 3 aromatic carbocycles. The van der Waals surface area contributed by atoms with E-state index in [4.69, 9.17) is 16.3 Å². The molecule has 0 amide bonds. The normalized spacial score (nSPS) is 10.8. The van der Waals surface area contributed by atoms with Crippen LogP contribution in [0.1, 0.15) is 5.56 Å². The van der Waals surface area contributed by atoms with Gasteiger partial charge in [-0.3, -0.25) is 5.10 Å². The zero-order valence-corrected chi connectivity index (χ0v) is 15.4. The first-order valence-corrected chi connectivity index (χ1v) is 8.99. The lowest BCUT2D eigenvalue weighted by Crippen LogP contribution is -1.99. The Labute approximate surface area is 166 Å². The second kappa shape index (κ2) is 7.74. The third-order valence-electron chi connectivity index (χ3n) is 4.41. The number of phenolic OH excluding ortho intramolecular Hbond substituents is 1. The lowest BCUT2D eigenvalue weighted by molar-refractivity contribution is 0.298. The van der Waals surface area contributed by atoms with E-state index in [0.717, 1.165) is 11.1 Å². The van der Waals surface area contributed by atoms with E-state index in [-0.39, 0.29) is 17.9 Å². The highest BCUT2D eigenvalue weighted by atomic mass is 35.5. The summed E-state index contributed by atoms with van der Waals surface area (Å²) in [4.78, 5) is 0. The second-order valence-corrected chi connectivity index (χ2v) is 6.60. The van der Waals surface area contributed by atoms with Gasteiger partial charge >= 0.3 is 0 Å². The molecule has 0 unspecified atom stereocenters. The van der Waals surface area contributed by atoms with Gasteiger partial charge in [0.15, 0.2) is 0 Å². The SMILES string of the molecule is Oc1cc(OCc2c(F)cccc2Cl)ccc1-c1[nH]ncc1-c1ccccc1. The summed E-state index contributed by atoms with van der Waals surface area (Å²) in [5, 5.41) is 17.9. The molecule has 4 rings (SSSR count). The summed E-state index contributed by atoms with van der Waals surface area (Å²) in [6, 6.07) is 19.2. The Hall–Kier alpha value is -3.31. The third kappa shape index (κ3) is 3.57. The minimum absolute atomic E-state index is 0.0264. The molecule has 1 aromatic heterocycles. The van der Waals surface area contributed by atoms with Gasteiger partial charge < -0.3 is 9.84 Å². The Morgan fingerprint density at radius 1 is 1.00 bits per heavy atom. The lowest BCUT2D eigenvalue weighted by Gasteiger charge is -2.11. The van der Waals surface area contributed by atoms with Crippen LogP contribution in [0, 0.1) is 5.82 Å². The smallest absolute Gasteiger partial charge is 0.131 e. The van der Waals surface area contributed by atoms with Crippen molar-refractivity contribution in [1.82, 2.24) is 10.2 Å². The van der Waals surface area contributed by atoms with Crippen molar-refractivity contribution < 1.29 is 14.2 Å². The molecule has 2 N–H and O–H groups in total. The van der Waals surface area contributed by atoms with Gasteiger partial charge in [0.05, 0.1) is 16.9 Å². The number of rotatable bonds is 5. The van der Waals surface area contributed by atoms with E-state index in [0.29, 0.717) is 22.0 Å². The summed E-state index contributed by atoms with van der Waals surface area (Å²) < 4.78 is 19.5. The number of nitrogens with zero attached hydrogens (tertiary/aromatic N) is 1. The summed E-state index contributed by atoms with van der Waals surface area (Å²) >= 11 is 6.01. The molecule has 0 aliphatic heterocycles. The van der Waals surface area contributed by atoms with E-state index in [9.17, 15) is 9.50 Å². The van der Waals surface area contributed by atoms with Gasteiger partial charge in [0, 0.05) is 22.8 Å². The van der Waals surface area contributed by atoms with E-state index >= 15 is 0 Å². The van der Waals surface area contributed by atoms with Crippen LogP contribution >= 0.6 is 11.6 Å². The van der Waals surface area contributed by atoms with Crippen LogP contribution in [-0.4, -0.2) is 15.3 Å². The van der Waals surface area contributed by atoms with Gasteiger partial charge in [-0.2, -0.15) is 5.10 Å². The van der Waals surface area contributed by atoms with E-state index in [1.165, 1.54) is 18.2 Å². The predicted molar refractivity (Wildman–Crippen MR) is 107 cm³/mol. The first-order chi connectivity index (χ1) is 13.6. The molecule has 0 radical (unpaired) electrons. The molecule has 4 aromatic rings. The van der Waals surface area contributed by atoms with Crippen LogP contribution < -0.4 is 4.74 Å². The van der Waals surface area contributed by atoms with E-state index in [1.54, 1.807) is 24.4 Å². The van der Waals surface area contributed by atoms with E-state index in [2.05, 4.69) is 10.2 Å². The highest BCUT2D eigenvalue weighted by Gasteiger charge is 2.14. The van der Waals surface area contributed by atoms with Gasteiger partial charge in [-0.15, -0.1) is 0 Å². The fourth-order valence-electron chi connectivity index (χ4n) is 2.97. The molecule has 28 heavy (non-hydrogen) atoms. The maximum Gasteiger partial charge on any atom is 0.131 e. The number of aromatic hydroxyl groups is 1. The molecule has 6 heteroatoms. The van der Waals surface area contributed by atoms with E-state index in [1.807, 2.05) is 30.3 Å². The number of halogens is 2. The highest BCUT2D eigenvalue weighted by molar-refractivity contribution is 6.31. The Kier molecular flexibility index (Phi) is 5.00. The van der Waals surface area contributed by atoms with Gasteiger partial charge in [0.2, 0.25) is 0 Å². The third-order valence-corrected chi connectivity index (χ3v) is 4.76. The summed E-state index contributed by atoms with van der Waals surface area (Å²) in [6.07, 6.45) is 1.72. The molecule has 0 bridgehead atoms. The number of benzene rings is 3. The van der Waals surface area contributed by atoms with Crippen molar-refractivity contribution in [3.63, 3.8) is 0 Å². The van der Waals surface area contributed by atoms with Crippen LogP contribution in [0.4, 0.5) is 4.39 Å². The molecular weight excluding hydrogens is 379 g/mol. The van der Waals surface area contributed by atoms with Crippen LogP contribution in [0.2, 0.25) is 5.02 Å². The highest BCUT2D eigenvalue weighted by Crippen LogP contribution is 2.37. The number of ether oxygens (including phenoxy) is 1. The van der Waals surface area contributed by atoms with Crippen molar-refractivity contribution in [2.45, 2.75) is 6.61 Å². The molecule has 0 aliphatic carbocycles. The summed E-state index contributed by atoms with van der Waals surface area (Å²) in [5.74, 6) is -0.00165. The zero-order valence-electron chi connectivity index (χ0n) is 14.7. The van der Waals surface area contributed by atoms with Crippen LogP contribution in [0.3, 0.4) is 0 Å². The summed E-state index contributed by atoms with van der Waals surface area (Å²) in [7, 11) is 0. The van der Waals surface area contributed by atoms with Crippen molar-refractivity contribution in [2.24, 2.45) is 0 Å². The second-order valence-electron chi connectivity index (χ2n) is 6.19. The Balaban J connectivity index is 1.59. The average Bonchev–Trinajstić information content (AvgIpc) is 3.18. The first kappa shape index (κ1) is 18.1. The zero-order chi connectivity index (χ0) is 19.5. The Morgan fingerprint density at radius 3 is 2.57 bits per heavy atom. The van der Waals surface area contributed by atoms with Crippen molar-refractivity contribution in [2.75, 3.05) is 0 Å². The van der Waals surface area contributed by atoms with E-state index < -0.39 is 5.82 Å². The van der Waals surface area contributed by atoms with Crippen molar-refractivity contribution in [3.8, 4) is 33.9 Å². The van der Waals surface area contributed by atoms with Crippen molar-refractivity contribution in [3.05, 3.63) is 89.3 Å². The molecular formula is C22H16ClFN2O2. The minimum Gasteiger partial charge on any atom is -0.507 e. The minimum atomic E-state index is -0.432. The molecule has 4 nitrogen and oxygen atoms in total. The van der Waals surface area contributed by atoms with Gasteiger partial charge in [-0.05, 0) is 29.8 Å². The van der Waals surface area contributed by atoms with Gasteiger partial charge in [0.1, 0.15) is 23.9 Å². The molecule has 0 atom stereocenters. The number of aromatic nitrogens is 2. The number of hydrogen-bond donors (Lipinski definition) is 2. The quantitative estimate of drug-likeness (QED) is 0.448. The maximum absolute atomic E-state index is 13.9. The first-order valence-electron chi connectivity index (χ1n) is 8.61. The van der Waals surface area contributed by atoms with Crippen molar-refractivity contribution in [1.29, 1.82) is 0 Å². The number of phenols is 1. The lowest BCUT2D eigenvalue weighted by atomic mass is 10.0. The fourth-order valence-corrected chi connectivity index (χ4v) is 3.18. The number of hydrogen-bond acceptors (Lipinski definition) is 3. The number of nitrogens with one attached hydrogen (secondary N) is 1. The average molecular weight is 395 g/mol. The van der Waals surface area contributed by atoms with Gasteiger partial charge in [-0.1, -0.05) is 48.0 Å². The molecule has 140 valence electrons. The summed E-state index contributed by atoms with van der Waals surface area (Å²) in [5.41, 5.74) is 3.43. The molecule has 0 saturated carbocycles. The van der Waals surface area contributed by atoms with Gasteiger partial charge in [-0.25, -0.2) is 4.39 Å². The fraction of sp³-hybridized carbons (Fsp3) is 0.0455. The number of aromatic amines is 1. The molecule has 1 heterocycles. The molecule has 0 fully saturated rings. The van der Waals surface area contributed by atoms with Crippen LogP contribution in [0.5, 0.6) is 11.5 Å². The largest absolute Gasteiger partial charge is 0.507 e. The monoisotopic (exact) mass is 394 g/mol. The Morgan fingerprint density at radius 2 is 1.82 bits per heavy atom. The van der Waals surface area contributed by atoms with Crippen LogP contribution in [0.15, 0.2) is 72.9 Å². The number of H-pyrrole nitrogens is 1. The van der Waals surface area contributed by atoms with Crippen molar-refractivity contribution >= 4 is 11.6 Å². The molecule has 0 spiro atoms.